The first-order valence-corrected chi connectivity index (χ1v) is 8.71. The molecule has 1 aromatic carbocycles. The molecule has 25 heavy (non-hydrogen) atoms. The predicted octanol–water partition coefficient (Wildman–Crippen LogP) is 2.07. The summed E-state index contributed by atoms with van der Waals surface area (Å²) in [4.78, 5) is 30.6. The van der Waals surface area contributed by atoms with E-state index in [1.165, 1.54) is 0 Å². The van der Waals surface area contributed by atoms with Crippen LogP contribution in [0.5, 0.6) is 0 Å². The van der Waals surface area contributed by atoms with Crippen LogP contribution in [0.1, 0.15) is 44.0 Å². The van der Waals surface area contributed by atoms with Crippen LogP contribution in [-0.4, -0.2) is 39.4 Å². The fourth-order valence-electron chi connectivity index (χ4n) is 3.53. The van der Waals surface area contributed by atoms with Crippen LogP contribution >= 0.6 is 0 Å². The average molecular weight is 340 g/mol. The number of rotatable bonds is 3. The Kier molecular flexibility index (Phi) is 4.21. The van der Waals surface area contributed by atoms with Gasteiger partial charge < -0.3 is 14.7 Å². The smallest absolute Gasteiger partial charge is 0.249 e. The van der Waals surface area contributed by atoms with Crippen molar-refractivity contribution in [1.29, 1.82) is 0 Å². The van der Waals surface area contributed by atoms with E-state index in [1.807, 2.05) is 30.3 Å². The van der Waals surface area contributed by atoms with E-state index in [0.29, 0.717) is 31.1 Å². The van der Waals surface area contributed by atoms with Crippen molar-refractivity contribution in [3.63, 3.8) is 0 Å². The number of carbonyl (C=O) groups is 2. The molecule has 7 heteroatoms. The Bertz CT molecular complexity index is 774. The highest BCUT2D eigenvalue weighted by Gasteiger charge is 2.37. The summed E-state index contributed by atoms with van der Waals surface area (Å²) in [7, 11) is 0. The third-order valence-electron chi connectivity index (χ3n) is 4.84. The summed E-state index contributed by atoms with van der Waals surface area (Å²) in [6.45, 7) is 0.652. The zero-order valence-electron chi connectivity index (χ0n) is 13.9. The molecule has 0 bridgehead atoms. The van der Waals surface area contributed by atoms with Crippen molar-refractivity contribution in [3.8, 4) is 11.4 Å². The van der Waals surface area contributed by atoms with Crippen molar-refractivity contribution in [2.75, 3.05) is 6.54 Å². The van der Waals surface area contributed by atoms with Crippen molar-refractivity contribution in [2.24, 2.45) is 0 Å². The van der Waals surface area contributed by atoms with Gasteiger partial charge in [0, 0.05) is 18.5 Å². The molecule has 2 amide bonds. The minimum atomic E-state index is -0.426. The Morgan fingerprint density at radius 3 is 2.80 bits per heavy atom. The summed E-state index contributed by atoms with van der Waals surface area (Å²) < 4.78 is 5.48. The van der Waals surface area contributed by atoms with E-state index in [2.05, 4.69) is 15.5 Å². The molecule has 0 spiro atoms. The molecule has 2 aliphatic rings. The molecule has 7 nitrogen and oxygen atoms in total. The summed E-state index contributed by atoms with van der Waals surface area (Å²) >= 11 is 0. The number of piperidine rings is 1. The molecule has 2 atom stereocenters. The number of nitrogens with one attached hydrogen (secondary N) is 1. The number of aromatic nitrogens is 2. The molecular weight excluding hydrogens is 320 g/mol. The van der Waals surface area contributed by atoms with Gasteiger partial charge in [-0.1, -0.05) is 35.5 Å². The molecule has 2 fully saturated rings. The Balaban J connectivity index is 1.56. The lowest BCUT2D eigenvalue weighted by molar-refractivity contribution is -0.138. The molecule has 2 aromatic rings. The monoisotopic (exact) mass is 340 g/mol. The highest BCUT2D eigenvalue weighted by Crippen LogP contribution is 2.32. The molecule has 2 unspecified atom stereocenters. The first-order valence-electron chi connectivity index (χ1n) is 8.71. The van der Waals surface area contributed by atoms with Gasteiger partial charge in [-0.3, -0.25) is 9.59 Å². The quantitative estimate of drug-likeness (QED) is 0.924. The van der Waals surface area contributed by atoms with Gasteiger partial charge in [0.15, 0.2) is 0 Å². The summed E-state index contributed by atoms with van der Waals surface area (Å²) in [5.41, 5.74) is 0.884. The normalized spacial score (nSPS) is 23.5. The number of likely N-dealkylation sites (tertiary alicyclic amines) is 1. The van der Waals surface area contributed by atoms with Crippen LogP contribution in [0.4, 0.5) is 0 Å². The van der Waals surface area contributed by atoms with E-state index in [0.717, 1.165) is 24.8 Å². The summed E-state index contributed by atoms with van der Waals surface area (Å²) in [6, 6.07) is 8.98. The molecule has 3 heterocycles. The second-order valence-corrected chi connectivity index (χ2v) is 6.52. The molecule has 1 aromatic heterocycles. The largest absolute Gasteiger partial charge is 0.344 e. The number of nitrogens with zero attached hydrogens (tertiary/aromatic N) is 3. The van der Waals surface area contributed by atoms with Crippen molar-refractivity contribution < 1.29 is 14.1 Å². The van der Waals surface area contributed by atoms with Crippen molar-refractivity contribution in [3.05, 3.63) is 36.2 Å². The molecule has 2 saturated heterocycles. The molecule has 0 radical (unpaired) electrons. The highest BCUT2D eigenvalue weighted by atomic mass is 16.5. The second kappa shape index (κ2) is 6.66. The molecular formula is C18H20N4O3. The Hall–Kier alpha value is -2.70. The van der Waals surface area contributed by atoms with Crippen LogP contribution in [0, 0.1) is 0 Å². The van der Waals surface area contributed by atoms with Gasteiger partial charge >= 0.3 is 0 Å². The van der Waals surface area contributed by atoms with Crippen LogP contribution in [0.15, 0.2) is 34.9 Å². The van der Waals surface area contributed by atoms with Gasteiger partial charge in [0.25, 0.3) is 0 Å². The average Bonchev–Trinajstić information content (AvgIpc) is 3.31. The predicted molar refractivity (Wildman–Crippen MR) is 89.2 cm³/mol. The van der Waals surface area contributed by atoms with Crippen LogP contribution in [0.25, 0.3) is 11.4 Å². The standard InChI is InChI=1S/C18H20N4O3/c23-15-10-9-13(19-15)18(24)22-11-5-4-8-14(22)17-20-16(21-25-17)12-6-2-1-3-7-12/h1-3,6-7,13-14H,4-5,8-11H2,(H,19,23). The highest BCUT2D eigenvalue weighted by molar-refractivity contribution is 5.91. The van der Waals surface area contributed by atoms with Crippen molar-refractivity contribution >= 4 is 11.8 Å². The Labute approximate surface area is 145 Å². The summed E-state index contributed by atoms with van der Waals surface area (Å²) in [5, 5.41) is 6.83. The topological polar surface area (TPSA) is 88.3 Å². The Morgan fingerprint density at radius 2 is 2.04 bits per heavy atom. The molecule has 0 aliphatic carbocycles. The van der Waals surface area contributed by atoms with Gasteiger partial charge in [-0.15, -0.1) is 0 Å². The molecule has 2 aliphatic heterocycles. The number of hydrogen-bond acceptors (Lipinski definition) is 5. The fraction of sp³-hybridized carbons (Fsp3) is 0.444. The molecule has 1 N–H and O–H groups in total. The van der Waals surface area contributed by atoms with E-state index in [-0.39, 0.29) is 17.9 Å². The van der Waals surface area contributed by atoms with E-state index in [4.69, 9.17) is 4.52 Å². The van der Waals surface area contributed by atoms with Crippen molar-refractivity contribution in [1.82, 2.24) is 20.4 Å². The zero-order chi connectivity index (χ0) is 17.2. The van der Waals surface area contributed by atoms with Gasteiger partial charge in [-0.25, -0.2) is 0 Å². The number of carbonyl (C=O) groups excluding carboxylic acids is 2. The fourth-order valence-corrected chi connectivity index (χ4v) is 3.53. The number of amides is 2. The summed E-state index contributed by atoms with van der Waals surface area (Å²) in [6.07, 6.45) is 3.72. The van der Waals surface area contributed by atoms with Crippen LogP contribution in [-0.2, 0) is 9.59 Å². The SMILES string of the molecule is O=C1CCC(C(=O)N2CCCCC2c2nc(-c3ccccc3)no2)N1. The van der Waals surface area contributed by atoms with Gasteiger partial charge in [-0.2, -0.15) is 4.98 Å². The maximum atomic E-state index is 12.8. The van der Waals surface area contributed by atoms with Crippen LogP contribution in [0.2, 0.25) is 0 Å². The zero-order valence-corrected chi connectivity index (χ0v) is 13.9. The first kappa shape index (κ1) is 15.8. The maximum absolute atomic E-state index is 12.8. The van der Waals surface area contributed by atoms with Gasteiger partial charge in [0.1, 0.15) is 12.1 Å². The Morgan fingerprint density at radius 1 is 1.20 bits per heavy atom. The van der Waals surface area contributed by atoms with Crippen LogP contribution < -0.4 is 5.32 Å². The molecule has 0 saturated carbocycles. The van der Waals surface area contributed by atoms with Crippen LogP contribution in [0.3, 0.4) is 0 Å². The van der Waals surface area contributed by atoms with Gasteiger partial charge in [-0.05, 0) is 25.7 Å². The van der Waals surface area contributed by atoms with E-state index in [1.54, 1.807) is 4.90 Å². The summed E-state index contributed by atoms with van der Waals surface area (Å²) in [5.74, 6) is 0.894. The first-order chi connectivity index (χ1) is 12.2. The van der Waals surface area contributed by atoms with Crippen molar-refractivity contribution in [2.45, 2.75) is 44.2 Å². The second-order valence-electron chi connectivity index (χ2n) is 6.52. The third-order valence-corrected chi connectivity index (χ3v) is 4.84. The third kappa shape index (κ3) is 3.14. The number of benzene rings is 1. The minimum Gasteiger partial charge on any atom is -0.344 e. The maximum Gasteiger partial charge on any atom is 0.249 e. The number of hydrogen-bond donors (Lipinski definition) is 1. The molecule has 4 rings (SSSR count). The molecule has 130 valence electrons. The van der Waals surface area contributed by atoms with E-state index in [9.17, 15) is 9.59 Å². The lowest BCUT2D eigenvalue weighted by Crippen LogP contribution is -2.47. The lowest BCUT2D eigenvalue weighted by atomic mass is 10.0. The van der Waals surface area contributed by atoms with Gasteiger partial charge in [0.05, 0.1) is 0 Å². The van der Waals surface area contributed by atoms with E-state index >= 15 is 0 Å². The minimum absolute atomic E-state index is 0.0463. The lowest BCUT2D eigenvalue weighted by Gasteiger charge is -2.35. The van der Waals surface area contributed by atoms with E-state index < -0.39 is 6.04 Å². The van der Waals surface area contributed by atoms with Gasteiger partial charge in [0.2, 0.25) is 23.5 Å².